The largest absolute Gasteiger partial charge is 0.381 e. The summed E-state index contributed by atoms with van der Waals surface area (Å²) in [6.07, 6.45) is 0. The second-order valence-electron chi connectivity index (χ2n) is 4.10. The van der Waals surface area contributed by atoms with Gasteiger partial charge < -0.3 is 10.6 Å². The third-order valence-corrected chi connectivity index (χ3v) is 2.52. The zero-order chi connectivity index (χ0) is 12.8. The standard InChI is InChI=1S/C15H16N2O/c1-12(18)17-15-9-5-6-13(10-15)11-16-14-7-3-2-4-8-14/h2-10,16H,11H2,1H3,(H,17,18). The highest BCUT2D eigenvalue weighted by Crippen LogP contribution is 2.13. The molecule has 2 N–H and O–H groups in total. The molecule has 0 saturated heterocycles. The number of amides is 1. The molecular weight excluding hydrogens is 224 g/mol. The van der Waals surface area contributed by atoms with Crippen LogP contribution in [-0.2, 0) is 11.3 Å². The van der Waals surface area contributed by atoms with Gasteiger partial charge >= 0.3 is 0 Å². The Morgan fingerprint density at radius 1 is 1.00 bits per heavy atom. The van der Waals surface area contributed by atoms with Gasteiger partial charge in [-0.25, -0.2) is 0 Å². The molecule has 0 aliphatic heterocycles. The number of hydrogen-bond acceptors (Lipinski definition) is 2. The van der Waals surface area contributed by atoms with Crippen molar-refractivity contribution in [1.29, 1.82) is 0 Å². The van der Waals surface area contributed by atoms with Crippen LogP contribution in [0.25, 0.3) is 0 Å². The third kappa shape index (κ3) is 3.63. The van der Waals surface area contributed by atoms with Crippen LogP contribution in [0, 0.1) is 0 Å². The molecule has 0 saturated carbocycles. The van der Waals surface area contributed by atoms with Crippen molar-refractivity contribution in [2.75, 3.05) is 10.6 Å². The minimum atomic E-state index is -0.0526. The molecule has 2 rings (SSSR count). The summed E-state index contributed by atoms with van der Waals surface area (Å²) in [5.74, 6) is -0.0526. The van der Waals surface area contributed by atoms with Gasteiger partial charge in [-0.2, -0.15) is 0 Å². The average Bonchev–Trinajstić information content (AvgIpc) is 2.37. The number of carbonyl (C=O) groups is 1. The second-order valence-corrected chi connectivity index (χ2v) is 4.10. The van der Waals surface area contributed by atoms with Crippen molar-refractivity contribution in [1.82, 2.24) is 0 Å². The van der Waals surface area contributed by atoms with Crippen LogP contribution < -0.4 is 10.6 Å². The number of benzene rings is 2. The molecule has 3 nitrogen and oxygen atoms in total. The Kier molecular flexibility index (Phi) is 3.97. The quantitative estimate of drug-likeness (QED) is 0.861. The van der Waals surface area contributed by atoms with Gasteiger partial charge in [0.15, 0.2) is 0 Å². The van der Waals surface area contributed by atoms with Crippen LogP contribution in [0.3, 0.4) is 0 Å². The van der Waals surface area contributed by atoms with Crippen molar-refractivity contribution < 1.29 is 4.79 Å². The molecule has 0 aliphatic carbocycles. The lowest BCUT2D eigenvalue weighted by molar-refractivity contribution is -0.114. The van der Waals surface area contributed by atoms with Crippen LogP contribution in [0.5, 0.6) is 0 Å². The molecule has 3 heteroatoms. The Bertz CT molecular complexity index is 523. The number of para-hydroxylation sites is 1. The first-order valence-electron chi connectivity index (χ1n) is 5.89. The van der Waals surface area contributed by atoms with E-state index in [2.05, 4.69) is 10.6 Å². The van der Waals surface area contributed by atoms with Gasteiger partial charge in [0.2, 0.25) is 5.91 Å². The normalized spacial score (nSPS) is 9.83. The maximum atomic E-state index is 11.0. The maximum Gasteiger partial charge on any atom is 0.221 e. The van der Waals surface area contributed by atoms with Crippen LogP contribution in [0.4, 0.5) is 11.4 Å². The monoisotopic (exact) mass is 240 g/mol. The van der Waals surface area contributed by atoms with Crippen molar-refractivity contribution >= 4 is 17.3 Å². The van der Waals surface area contributed by atoms with E-state index in [-0.39, 0.29) is 5.91 Å². The van der Waals surface area contributed by atoms with Gasteiger partial charge in [0, 0.05) is 24.8 Å². The molecule has 0 unspecified atom stereocenters. The topological polar surface area (TPSA) is 41.1 Å². The first kappa shape index (κ1) is 12.2. The summed E-state index contributed by atoms with van der Waals surface area (Å²) in [6.45, 7) is 2.24. The van der Waals surface area contributed by atoms with Crippen molar-refractivity contribution in [3.8, 4) is 0 Å². The average molecular weight is 240 g/mol. The highest BCUT2D eigenvalue weighted by Gasteiger charge is 1.98. The summed E-state index contributed by atoms with van der Waals surface area (Å²) < 4.78 is 0. The van der Waals surface area contributed by atoms with Gasteiger partial charge in [0.25, 0.3) is 0 Å². The molecule has 0 radical (unpaired) electrons. The van der Waals surface area contributed by atoms with E-state index >= 15 is 0 Å². The van der Waals surface area contributed by atoms with E-state index in [1.807, 2.05) is 54.6 Å². The van der Waals surface area contributed by atoms with Crippen LogP contribution in [-0.4, -0.2) is 5.91 Å². The van der Waals surface area contributed by atoms with E-state index < -0.39 is 0 Å². The van der Waals surface area contributed by atoms with E-state index in [0.717, 1.165) is 23.5 Å². The van der Waals surface area contributed by atoms with Crippen LogP contribution in [0.15, 0.2) is 54.6 Å². The minimum absolute atomic E-state index is 0.0526. The van der Waals surface area contributed by atoms with Gasteiger partial charge in [-0.3, -0.25) is 4.79 Å². The fourth-order valence-corrected chi connectivity index (χ4v) is 1.72. The second kappa shape index (κ2) is 5.87. The summed E-state index contributed by atoms with van der Waals surface area (Å²) in [7, 11) is 0. The molecule has 0 bridgehead atoms. The molecule has 0 aromatic heterocycles. The SMILES string of the molecule is CC(=O)Nc1cccc(CNc2ccccc2)c1. The van der Waals surface area contributed by atoms with Crippen molar-refractivity contribution in [2.24, 2.45) is 0 Å². The van der Waals surface area contributed by atoms with E-state index in [0.29, 0.717) is 0 Å². The zero-order valence-corrected chi connectivity index (χ0v) is 10.3. The summed E-state index contributed by atoms with van der Waals surface area (Å²) in [6, 6.07) is 17.9. The third-order valence-electron chi connectivity index (χ3n) is 2.52. The number of rotatable bonds is 4. The van der Waals surface area contributed by atoms with E-state index in [1.165, 1.54) is 6.92 Å². The zero-order valence-electron chi connectivity index (χ0n) is 10.3. The maximum absolute atomic E-state index is 11.0. The number of anilines is 2. The summed E-state index contributed by atoms with van der Waals surface area (Å²) in [5, 5.41) is 6.11. The number of nitrogens with one attached hydrogen (secondary N) is 2. The Morgan fingerprint density at radius 2 is 1.72 bits per heavy atom. The van der Waals surface area contributed by atoms with Crippen LogP contribution in [0.1, 0.15) is 12.5 Å². The molecule has 0 heterocycles. The van der Waals surface area contributed by atoms with Crippen LogP contribution in [0.2, 0.25) is 0 Å². The summed E-state index contributed by atoms with van der Waals surface area (Å²) in [4.78, 5) is 11.0. The minimum Gasteiger partial charge on any atom is -0.381 e. The van der Waals surface area contributed by atoms with Gasteiger partial charge in [-0.15, -0.1) is 0 Å². The molecule has 18 heavy (non-hydrogen) atoms. The molecule has 0 fully saturated rings. The van der Waals surface area contributed by atoms with Crippen molar-refractivity contribution in [2.45, 2.75) is 13.5 Å². The Balaban J connectivity index is 1.99. The Hall–Kier alpha value is -2.29. The van der Waals surface area contributed by atoms with Gasteiger partial charge in [-0.1, -0.05) is 30.3 Å². The first-order valence-corrected chi connectivity index (χ1v) is 5.89. The first-order chi connectivity index (χ1) is 8.74. The molecule has 0 aliphatic rings. The van der Waals surface area contributed by atoms with Gasteiger partial charge in [0.05, 0.1) is 0 Å². The molecule has 0 atom stereocenters. The van der Waals surface area contributed by atoms with Crippen molar-refractivity contribution in [3.05, 3.63) is 60.2 Å². The number of carbonyl (C=O) groups excluding carboxylic acids is 1. The van der Waals surface area contributed by atoms with Crippen LogP contribution >= 0.6 is 0 Å². The van der Waals surface area contributed by atoms with Gasteiger partial charge in [-0.05, 0) is 29.8 Å². The molecular formula is C15H16N2O. The Morgan fingerprint density at radius 3 is 2.44 bits per heavy atom. The smallest absolute Gasteiger partial charge is 0.221 e. The lowest BCUT2D eigenvalue weighted by Gasteiger charge is -2.08. The molecule has 0 spiro atoms. The van der Waals surface area contributed by atoms with E-state index in [1.54, 1.807) is 0 Å². The van der Waals surface area contributed by atoms with Gasteiger partial charge in [0.1, 0.15) is 0 Å². The summed E-state index contributed by atoms with van der Waals surface area (Å²) in [5.41, 5.74) is 3.04. The highest BCUT2D eigenvalue weighted by molar-refractivity contribution is 5.88. The van der Waals surface area contributed by atoms with E-state index in [4.69, 9.17) is 0 Å². The highest BCUT2D eigenvalue weighted by atomic mass is 16.1. The van der Waals surface area contributed by atoms with E-state index in [9.17, 15) is 4.79 Å². The molecule has 2 aromatic carbocycles. The predicted molar refractivity (Wildman–Crippen MR) is 74.5 cm³/mol. The molecule has 92 valence electrons. The molecule has 1 amide bonds. The predicted octanol–water partition coefficient (Wildman–Crippen LogP) is 3.26. The fourth-order valence-electron chi connectivity index (χ4n) is 1.72. The lowest BCUT2D eigenvalue weighted by atomic mass is 10.2. The Labute approximate surface area is 107 Å². The van der Waals surface area contributed by atoms with Crippen molar-refractivity contribution in [3.63, 3.8) is 0 Å². The number of hydrogen-bond donors (Lipinski definition) is 2. The molecule has 2 aromatic rings. The summed E-state index contributed by atoms with van der Waals surface area (Å²) >= 11 is 0. The fraction of sp³-hybridized carbons (Fsp3) is 0.133. The lowest BCUT2D eigenvalue weighted by Crippen LogP contribution is -2.06.